The van der Waals surface area contributed by atoms with E-state index in [2.05, 4.69) is 23.6 Å². The minimum absolute atomic E-state index is 0.140. The highest BCUT2D eigenvalue weighted by Crippen LogP contribution is 2.42. The van der Waals surface area contributed by atoms with Gasteiger partial charge in [0.25, 0.3) is 0 Å². The van der Waals surface area contributed by atoms with Gasteiger partial charge in [-0.2, -0.15) is 0 Å². The number of nitrogens with zero attached hydrogens (tertiary/aromatic N) is 3. The van der Waals surface area contributed by atoms with Gasteiger partial charge in [-0.1, -0.05) is 6.42 Å². The molecule has 0 radical (unpaired) electrons. The van der Waals surface area contributed by atoms with Crippen molar-refractivity contribution < 1.29 is 9.59 Å². The van der Waals surface area contributed by atoms with Gasteiger partial charge in [-0.15, -0.1) is 0 Å². The lowest BCUT2D eigenvalue weighted by atomic mass is 9.77. The van der Waals surface area contributed by atoms with E-state index in [4.69, 9.17) is 0 Å². The minimum atomic E-state index is 0.140. The number of carbonyl (C=O) groups excluding carboxylic acids is 2. The second kappa shape index (κ2) is 7.03. The summed E-state index contributed by atoms with van der Waals surface area (Å²) >= 11 is 0. The number of rotatable bonds is 5. The van der Waals surface area contributed by atoms with Crippen LogP contribution in [0.2, 0.25) is 0 Å². The lowest BCUT2D eigenvalue weighted by Crippen LogP contribution is -2.48. The monoisotopic (exact) mass is 335 g/mol. The second-order valence-electron chi connectivity index (χ2n) is 8.64. The molecule has 5 heteroatoms. The SMILES string of the molecule is CC(C)N(C)CC(=O)N1CCC2(CC1)CC(=O)N(CC1CCC1)C2. The number of hydrogen-bond donors (Lipinski definition) is 0. The van der Waals surface area contributed by atoms with Crippen molar-refractivity contribution in [2.45, 2.75) is 58.4 Å². The third-order valence-corrected chi connectivity index (χ3v) is 6.55. The standard InChI is InChI=1S/C19H33N3O2/c1-15(2)20(3)13-18(24)21-9-7-19(8-10-21)11-17(23)22(14-19)12-16-5-4-6-16/h15-16H,4-14H2,1-3H3. The van der Waals surface area contributed by atoms with E-state index in [1.165, 1.54) is 19.3 Å². The first kappa shape index (κ1) is 17.7. The third kappa shape index (κ3) is 3.76. The zero-order valence-electron chi connectivity index (χ0n) is 15.6. The normalized spacial score (nSPS) is 24.3. The summed E-state index contributed by atoms with van der Waals surface area (Å²) in [6.07, 6.45) is 6.59. The largest absolute Gasteiger partial charge is 0.342 e. The molecule has 2 heterocycles. The number of likely N-dealkylation sites (N-methyl/N-ethyl adjacent to an activating group) is 1. The third-order valence-electron chi connectivity index (χ3n) is 6.55. The van der Waals surface area contributed by atoms with Crippen LogP contribution in [-0.2, 0) is 9.59 Å². The summed E-state index contributed by atoms with van der Waals surface area (Å²) in [6, 6.07) is 0.387. The maximum absolute atomic E-state index is 12.4. The summed E-state index contributed by atoms with van der Waals surface area (Å²) in [5.41, 5.74) is 0.140. The molecule has 1 spiro atoms. The number of hydrogen-bond acceptors (Lipinski definition) is 3. The molecular weight excluding hydrogens is 302 g/mol. The van der Waals surface area contributed by atoms with Crippen molar-refractivity contribution in [1.82, 2.24) is 14.7 Å². The molecular formula is C19H33N3O2. The highest BCUT2D eigenvalue weighted by atomic mass is 16.2. The van der Waals surface area contributed by atoms with Crippen LogP contribution in [0.3, 0.4) is 0 Å². The van der Waals surface area contributed by atoms with Crippen LogP contribution < -0.4 is 0 Å². The quantitative estimate of drug-likeness (QED) is 0.771. The van der Waals surface area contributed by atoms with Gasteiger partial charge in [0.2, 0.25) is 11.8 Å². The summed E-state index contributed by atoms with van der Waals surface area (Å²) in [4.78, 5) is 31.1. The van der Waals surface area contributed by atoms with E-state index in [1.54, 1.807) is 0 Å². The Kier molecular flexibility index (Phi) is 5.19. The van der Waals surface area contributed by atoms with E-state index in [9.17, 15) is 9.59 Å². The van der Waals surface area contributed by atoms with Gasteiger partial charge in [-0.05, 0) is 52.5 Å². The van der Waals surface area contributed by atoms with Gasteiger partial charge in [0.15, 0.2) is 0 Å². The Morgan fingerprint density at radius 1 is 1.29 bits per heavy atom. The molecule has 0 aromatic carbocycles. The summed E-state index contributed by atoms with van der Waals surface area (Å²) in [7, 11) is 2.00. The fourth-order valence-electron chi connectivity index (χ4n) is 4.20. The maximum atomic E-state index is 12.4. The summed E-state index contributed by atoms with van der Waals surface area (Å²) < 4.78 is 0. The van der Waals surface area contributed by atoms with Crippen LogP contribution in [-0.4, -0.2) is 72.3 Å². The van der Waals surface area contributed by atoms with E-state index < -0.39 is 0 Å². The lowest BCUT2D eigenvalue weighted by molar-refractivity contribution is -0.134. The van der Waals surface area contributed by atoms with Crippen LogP contribution in [0, 0.1) is 11.3 Å². The predicted molar refractivity (Wildman–Crippen MR) is 94.6 cm³/mol. The van der Waals surface area contributed by atoms with E-state index in [0.717, 1.165) is 44.9 Å². The molecule has 0 bridgehead atoms. The number of piperidine rings is 1. The van der Waals surface area contributed by atoms with Gasteiger partial charge in [-0.3, -0.25) is 14.5 Å². The van der Waals surface area contributed by atoms with Crippen molar-refractivity contribution in [3.05, 3.63) is 0 Å². The van der Waals surface area contributed by atoms with Gasteiger partial charge < -0.3 is 9.80 Å². The van der Waals surface area contributed by atoms with Gasteiger partial charge >= 0.3 is 0 Å². The van der Waals surface area contributed by atoms with Gasteiger partial charge in [0.05, 0.1) is 6.54 Å². The smallest absolute Gasteiger partial charge is 0.236 e. The van der Waals surface area contributed by atoms with Crippen molar-refractivity contribution in [2.75, 3.05) is 39.8 Å². The van der Waals surface area contributed by atoms with Gasteiger partial charge in [0.1, 0.15) is 0 Å². The molecule has 1 aliphatic carbocycles. The average molecular weight is 335 g/mol. The molecule has 2 aliphatic heterocycles. The fourth-order valence-corrected chi connectivity index (χ4v) is 4.20. The van der Waals surface area contributed by atoms with Crippen LogP contribution in [0.25, 0.3) is 0 Å². The van der Waals surface area contributed by atoms with Crippen molar-refractivity contribution >= 4 is 11.8 Å². The van der Waals surface area contributed by atoms with E-state index >= 15 is 0 Å². The average Bonchev–Trinajstić information content (AvgIpc) is 2.79. The summed E-state index contributed by atoms with van der Waals surface area (Å²) in [5, 5.41) is 0. The Balaban J connectivity index is 1.49. The Hall–Kier alpha value is -1.10. The van der Waals surface area contributed by atoms with E-state index in [-0.39, 0.29) is 11.3 Å². The van der Waals surface area contributed by atoms with Crippen LogP contribution in [0.15, 0.2) is 0 Å². The zero-order valence-corrected chi connectivity index (χ0v) is 15.6. The molecule has 5 nitrogen and oxygen atoms in total. The van der Waals surface area contributed by atoms with Gasteiger partial charge in [0, 0.05) is 44.1 Å². The van der Waals surface area contributed by atoms with Crippen molar-refractivity contribution in [2.24, 2.45) is 11.3 Å². The van der Waals surface area contributed by atoms with Crippen LogP contribution in [0.1, 0.15) is 52.4 Å². The molecule has 24 heavy (non-hydrogen) atoms. The molecule has 3 aliphatic rings. The van der Waals surface area contributed by atoms with Crippen molar-refractivity contribution in [1.29, 1.82) is 0 Å². The zero-order chi connectivity index (χ0) is 17.3. The topological polar surface area (TPSA) is 43.9 Å². The Labute approximate surface area is 146 Å². The molecule has 0 aromatic rings. The minimum Gasteiger partial charge on any atom is -0.342 e. The van der Waals surface area contributed by atoms with E-state index in [0.29, 0.717) is 24.9 Å². The van der Waals surface area contributed by atoms with E-state index in [1.807, 2.05) is 11.9 Å². The molecule has 3 rings (SSSR count). The Morgan fingerprint density at radius 3 is 2.50 bits per heavy atom. The fraction of sp³-hybridized carbons (Fsp3) is 0.895. The van der Waals surface area contributed by atoms with Gasteiger partial charge in [-0.25, -0.2) is 0 Å². The summed E-state index contributed by atoms with van der Waals surface area (Å²) in [6.45, 7) is 8.25. The second-order valence-corrected chi connectivity index (χ2v) is 8.64. The number of carbonyl (C=O) groups is 2. The maximum Gasteiger partial charge on any atom is 0.236 e. The first-order chi connectivity index (χ1) is 11.4. The molecule has 3 fully saturated rings. The summed E-state index contributed by atoms with van der Waals surface area (Å²) in [5.74, 6) is 1.33. The van der Waals surface area contributed by atoms with Crippen LogP contribution in [0.5, 0.6) is 0 Å². The van der Waals surface area contributed by atoms with Crippen LogP contribution >= 0.6 is 0 Å². The molecule has 0 unspecified atom stereocenters. The molecule has 0 atom stereocenters. The Morgan fingerprint density at radius 2 is 1.96 bits per heavy atom. The molecule has 136 valence electrons. The molecule has 1 saturated carbocycles. The molecule has 0 N–H and O–H groups in total. The number of amides is 2. The molecule has 0 aromatic heterocycles. The van der Waals surface area contributed by atoms with Crippen LogP contribution in [0.4, 0.5) is 0 Å². The lowest BCUT2D eigenvalue weighted by Gasteiger charge is -2.40. The Bertz CT molecular complexity index is 479. The predicted octanol–water partition coefficient (Wildman–Crippen LogP) is 1.97. The van der Waals surface area contributed by atoms with Crippen molar-refractivity contribution in [3.8, 4) is 0 Å². The first-order valence-electron chi connectivity index (χ1n) is 9.64. The van der Waals surface area contributed by atoms with Crippen molar-refractivity contribution in [3.63, 3.8) is 0 Å². The highest BCUT2D eigenvalue weighted by molar-refractivity contribution is 5.80. The highest BCUT2D eigenvalue weighted by Gasteiger charge is 2.45. The molecule has 2 saturated heterocycles. The number of likely N-dealkylation sites (tertiary alicyclic amines) is 2. The first-order valence-corrected chi connectivity index (χ1v) is 9.64. The molecule has 2 amide bonds.